The summed E-state index contributed by atoms with van der Waals surface area (Å²) >= 11 is 0. The minimum absolute atomic E-state index is 0. The second kappa shape index (κ2) is 5.55. The van der Waals surface area contributed by atoms with Gasteiger partial charge in [0.05, 0.1) is 17.1 Å². The summed E-state index contributed by atoms with van der Waals surface area (Å²) in [7, 11) is 0. The first-order valence-corrected chi connectivity index (χ1v) is 8.66. The minimum atomic E-state index is 0. The maximum Gasteiger partial charge on any atom is 0.0872 e. The van der Waals surface area contributed by atoms with Crippen LogP contribution in [0.3, 0.4) is 0 Å². The molecule has 4 bridgehead atoms. The zero-order valence-corrected chi connectivity index (χ0v) is 14.1. The van der Waals surface area contributed by atoms with Gasteiger partial charge in [-0.1, -0.05) is 0 Å². The van der Waals surface area contributed by atoms with Crippen LogP contribution >= 0.6 is 12.4 Å². The molecule has 0 saturated heterocycles. The van der Waals surface area contributed by atoms with Crippen LogP contribution in [0.1, 0.15) is 44.2 Å². The molecule has 0 aromatic carbocycles. The van der Waals surface area contributed by atoms with Crippen molar-refractivity contribution < 1.29 is 0 Å². The molecule has 2 heterocycles. The topological polar surface area (TPSA) is 40.2 Å². The number of allylic oxidation sites excluding steroid dienone is 2. The fourth-order valence-corrected chi connectivity index (χ4v) is 5.61. The Morgan fingerprint density at radius 2 is 1.78 bits per heavy atom. The second-order valence-electron chi connectivity index (χ2n) is 7.83. The summed E-state index contributed by atoms with van der Waals surface area (Å²) in [6.45, 7) is 0. The van der Waals surface area contributed by atoms with Crippen molar-refractivity contribution >= 4 is 18.1 Å². The molecule has 0 unspecified atom stereocenters. The molecule has 122 valence electrons. The van der Waals surface area contributed by atoms with Crippen molar-refractivity contribution in [2.24, 2.45) is 22.7 Å². The maximum atomic E-state index is 4.72. The van der Waals surface area contributed by atoms with Gasteiger partial charge in [-0.3, -0.25) is 0 Å². The molecule has 4 saturated carbocycles. The average Bonchev–Trinajstić information content (AvgIpc) is 3.15. The molecular weight excluding hydrogens is 306 g/mol. The van der Waals surface area contributed by atoms with Gasteiger partial charge >= 0.3 is 0 Å². The van der Waals surface area contributed by atoms with Crippen LogP contribution in [-0.4, -0.2) is 16.2 Å². The van der Waals surface area contributed by atoms with Crippen LogP contribution in [0.15, 0.2) is 47.4 Å². The van der Waals surface area contributed by atoms with E-state index in [1.807, 2.05) is 12.3 Å². The normalized spacial score (nSPS) is 38.7. The van der Waals surface area contributed by atoms with Crippen molar-refractivity contribution in [3.8, 4) is 0 Å². The number of hydrogen-bond donors (Lipinski definition) is 2. The van der Waals surface area contributed by atoms with Crippen molar-refractivity contribution in [1.82, 2.24) is 10.3 Å². The summed E-state index contributed by atoms with van der Waals surface area (Å²) in [5, 5.41) is 3.80. The molecule has 23 heavy (non-hydrogen) atoms. The largest absolute Gasteiger partial charge is 0.384 e. The number of halogens is 1. The first-order valence-electron chi connectivity index (χ1n) is 8.66. The van der Waals surface area contributed by atoms with Crippen LogP contribution in [0.4, 0.5) is 0 Å². The van der Waals surface area contributed by atoms with E-state index in [1.54, 1.807) is 0 Å². The fraction of sp³-hybridized carbons (Fsp3) is 0.526. The maximum absolute atomic E-state index is 4.72. The van der Waals surface area contributed by atoms with Gasteiger partial charge in [-0.2, -0.15) is 0 Å². The lowest BCUT2D eigenvalue weighted by Crippen LogP contribution is -2.56. The van der Waals surface area contributed by atoms with E-state index in [-0.39, 0.29) is 12.4 Å². The lowest BCUT2D eigenvalue weighted by Gasteiger charge is -2.56. The van der Waals surface area contributed by atoms with Gasteiger partial charge in [0.2, 0.25) is 0 Å². The number of nitrogens with one attached hydrogen (secondary N) is 2. The Balaban J connectivity index is 0.00000135. The Hall–Kier alpha value is -1.48. The number of H-pyrrole nitrogens is 1. The molecule has 1 aliphatic heterocycles. The van der Waals surface area contributed by atoms with Crippen LogP contribution in [0.2, 0.25) is 0 Å². The quantitative estimate of drug-likeness (QED) is 0.857. The van der Waals surface area contributed by atoms with E-state index in [9.17, 15) is 0 Å². The second-order valence-corrected chi connectivity index (χ2v) is 7.83. The predicted molar refractivity (Wildman–Crippen MR) is 95.8 cm³/mol. The summed E-state index contributed by atoms with van der Waals surface area (Å²) in [4.78, 5) is 7.94. The van der Waals surface area contributed by atoms with E-state index in [0.29, 0.717) is 5.54 Å². The number of rotatable bonds is 3. The number of aromatic nitrogens is 1. The lowest BCUT2D eigenvalue weighted by atomic mass is 9.53. The summed E-state index contributed by atoms with van der Waals surface area (Å²) in [6.07, 6.45) is 16.9. The molecule has 0 radical (unpaired) electrons. The Labute approximate surface area is 143 Å². The van der Waals surface area contributed by atoms with E-state index >= 15 is 0 Å². The van der Waals surface area contributed by atoms with Gasteiger partial charge in [0.15, 0.2) is 0 Å². The Morgan fingerprint density at radius 3 is 2.39 bits per heavy atom. The zero-order valence-electron chi connectivity index (χ0n) is 13.3. The van der Waals surface area contributed by atoms with E-state index in [1.165, 1.54) is 38.5 Å². The standard InChI is InChI=1S/C19H23N3.ClH/c1-2-17(20-5-1)18-4-3-16(22-18)12-21-19-9-13-6-14(10-19)8-15(7-13)11-19;/h1-5,12-15,20-21H,6-11H2;1H. The highest BCUT2D eigenvalue weighted by Crippen LogP contribution is 2.55. The first kappa shape index (κ1) is 15.1. The van der Waals surface area contributed by atoms with Gasteiger partial charge < -0.3 is 10.3 Å². The fourth-order valence-electron chi connectivity index (χ4n) is 5.61. The van der Waals surface area contributed by atoms with E-state index in [0.717, 1.165) is 34.9 Å². The molecule has 0 spiro atoms. The number of hydrogen-bond acceptors (Lipinski definition) is 2. The Kier molecular flexibility index (Phi) is 3.64. The molecule has 0 amide bonds. The van der Waals surface area contributed by atoms with Crippen molar-refractivity contribution in [2.45, 2.75) is 44.1 Å². The third-order valence-corrected chi connectivity index (χ3v) is 6.10. The predicted octanol–water partition coefficient (Wildman–Crippen LogP) is 4.20. The van der Waals surface area contributed by atoms with Gasteiger partial charge in [-0.25, -0.2) is 4.99 Å². The highest BCUT2D eigenvalue weighted by atomic mass is 35.5. The van der Waals surface area contributed by atoms with Crippen LogP contribution < -0.4 is 5.32 Å². The first-order chi connectivity index (χ1) is 10.8. The van der Waals surface area contributed by atoms with Gasteiger partial charge in [-0.05, 0) is 80.6 Å². The molecule has 6 rings (SSSR count). The molecule has 5 aliphatic rings. The molecule has 4 fully saturated rings. The van der Waals surface area contributed by atoms with E-state index < -0.39 is 0 Å². The highest BCUT2D eigenvalue weighted by molar-refractivity contribution is 6.09. The SMILES string of the molecule is C1=CC(c2ccc[nH]2)=NC1=CNC12CC3CC(CC(C3)C1)C2.Cl. The molecule has 4 aliphatic carbocycles. The summed E-state index contributed by atoms with van der Waals surface area (Å²) < 4.78 is 0. The van der Waals surface area contributed by atoms with Crippen molar-refractivity contribution in [3.05, 3.63) is 48.1 Å². The Bertz CT molecular complexity index is 634. The van der Waals surface area contributed by atoms with Crippen LogP contribution in [-0.2, 0) is 0 Å². The molecule has 2 N–H and O–H groups in total. The molecule has 0 atom stereocenters. The van der Waals surface area contributed by atoms with Gasteiger partial charge in [0.25, 0.3) is 0 Å². The number of nitrogens with zero attached hydrogens (tertiary/aromatic N) is 1. The third kappa shape index (κ3) is 2.65. The van der Waals surface area contributed by atoms with Gasteiger partial charge in [0, 0.05) is 17.9 Å². The van der Waals surface area contributed by atoms with Crippen LogP contribution in [0.25, 0.3) is 0 Å². The van der Waals surface area contributed by atoms with E-state index in [2.05, 4.69) is 34.7 Å². The average molecular weight is 330 g/mol. The van der Waals surface area contributed by atoms with E-state index in [4.69, 9.17) is 4.99 Å². The summed E-state index contributed by atoms with van der Waals surface area (Å²) in [5.41, 5.74) is 3.55. The molecule has 3 nitrogen and oxygen atoms in total. The molecule has 4 heteroatoms. The lowest BCUT2D eigenvalue weighted by molar-refractivity contribution is -0.0130. The van der Waals surface area contributed by atoms with Crippen molar-refractivity contribution in [1.29, 1.82) is 0 Å². The minimum Gasteiger partial charge on any atom is -0.384 e. The summed E-state index contributed by atoms with van der Waals surface area (Å²) in [5.74, 6) is 2.94. The van der Waals surface area contributed by atoms with Crippen molar-refractivity contribution in [3.63, 3.8) is 0 Å². The zero-order chi connectivity index (χ0) is 14.6. The van der Waals surface area contributed by atoms with Gasteiger partial charge in [-0.15, -0.1) is 12.4 Å². The van der Waals surface area contributed by atoms with Crippen LogP contribution in [0, 0.1) is 17.8 Å². The van der Waals surface area contributed by atoms with Crippen molar-refractivity contribution in [2.75, 3.05) is 0 Å². The molecular formula is C19H24ClN3. The number of aliphatic imine (C=N–C) groups is 1. The van der Waals surface area contributed by atoms with Crippen LogP contribution in [0.5, 0.6) is 0 Å². The monoisotopic (exact) mass is 329 g/mol. The molecule has 1 aromatic rings. The highest BCUT2D eigenvalue weighted by Gasteiger charge is 2.50. The summed E-state index contributed by atoms with van der Waals surface area (Å²) in [6, 6.07) is 4.08. The Morgan fingerprint density at radius 1 is 1.09 bits per heavy atom. The third-order valence-electron chi connectivity index (χ3n) is 6.10. The van der Waals surface area contributed by atoms with Gasteiger partial charge in [0.1, 0.15) is 0 Å². The molecule has 1 aromatic heterocycles. The smallest absolute Gasteiger partial charge is 0.0872 e. The number of aromatic amines is 1.